The van der Waals surface area contributed by atoms with Crippen LogP contribution in [0.4, 0.5) is 0 Å². The Morgan fingerprint density at radius 3 is 2.92 bits per heavy atom. The molecule has 2 N–H and O–H groups in total. The second kappa shape index (κ2) is 3.04. The summed E-state index contributed by atoms with van der Waals surface area (Å²) in [6, 6.07) is 2.39. The number of nitrogens with one attached hydrogen (secondary N) is 2. The minimum Gasteiger partial charge on any atom is -0.314 e. The van der Waals surface area contributed by atoms with Crippen molar-refractivity contribution in [2.45, 2.75) is 24.8 Å². The summed E-state index contributed by atoms with van der Waals surface area (Å²) in [4.78, 5) is 0. The molecule has 1 atom stereocenters. The molecule has 0 aromatic heterocycles. The van der Waals surface area contributed by atoms with Crippen molar-refractivity contribution >= 4 is 0 Å². The summed E-state index contributed by atoms with van der Waals surface area (Å²) < 4.78 is 0. The molecule has 2 rings (SSSR count). The summed E-state index contributed by atoms with van der Waals surface area (Å²) in [6.45, 7) is 2.83. The average molecular weight is 165 g/mol. The fourth-order valence-corrected chi connectivity index (χ4v) is 1.64. The van der Waals surface area contributed by atoms with Gasteiger partial charge in [-0.15, -0.1) is 0 Å². The fraction of sp³-hybridized carbons (Fsp3) is 0.889. The van der Waals surface area contributed by atoms with E-state index in [-0.39, 0.29) is 5.54 Å². The highest BCUT2D eigenvalue weighted by Crippen LogP contribution is 2.28. The van der Waals surface area contributed by atoms with E-state index in [9.17, 15) is 0 Å². The molecule has 0 radical (unpaired) electrons. The van der Waals surface area contributed by atoms with Crippen LogP contribution in [0.3, 0.4) is 0 Å². The van der Waals surface area contributed by atoms with Gasteiger partial charge in [0.25, 0.3) is 0 Å². The third-order valence-electron chi connectivity index (χ3n) is 2.80. The lowest BCUT2D eigenvalue weighted by Gasteiger charge is -2.20. The topological polar surface area (TPSA) is 47.9 Å². The Morgan fingerprint density at radius 2 is 2.42 bits per heavy atom. The van der Waals surface area contributed by atoms with Crippen molar-refractivity contribution in [2.24, 2.45) is 5.92 Å². The number of hydrogen-bond donors (Lipinski definition) is 2. The molecular formula is C9H15N3. The number of hydrogen-bond acceptors (Lipinski definition) is 3. The van der Waals surface area contributed by atoms with E-state index < -0.39 is 0 Å². The normalized spacial score (nSPS) is 34.9. The summed E-state index contributed by atoms with van der Waals surface area (Å²) in [5.41, 5.74) is -0.247. The molecule has 1 saturated heterocycles. The molecule has 1 unspecified atom stereocenters. The zero-order chi connectivity index (χ0) is 8.44. The third kappa shape index (κ3) is 1.60. The molecular weight excluding hydrogens is 150 g/mol. The summed E-state index contributed by atoms with van der Waals surface area (Å²) in [5, 5.41) is 15.6. The van der Waals surface area contributed by atoms with E-state index in [0.29, 0.717) is 0 Å². The van der Waals surface area contributed by atoms with Crippen LogP contribution in [0, 0.1) is 17.2 Å². The van der Waals surface area contributed by atoms with Gasteiger partial charge in [-0.1, -0.05) is 0 Å². The van der Waals surface area contributed by atoms with E-state index in [1.54, 1.807) is 0 Å². The Labute approximate surface area is 73.1 Å². The van der Waals surface area contributed by atoms with E-state index >= 15 is 0 Å². The maximum atomic E-state index is 9.00. The van der Waals surface area contributed by atoms with Gasteiger partial charge >= 0.3 is 0 Å². The highest BCUT2D eigenvalue weighted by molar-refractivity contribution is 5.12. The molecule has 0 aromatic carbocycles. The van der Waals surface area contributed by atoms with Crippen LogP contribution >= 0.6 is 0 Å². The minimum absolute atomic E-state index is 0.247. The van der Waals surface area contributed by atoms with Crippen LogP contribution in [0.25, 0.3) is 0 Å². The second-order valence-electron chi connectivity index (χ2n) is 3.94. The zero-order valence-electron chi connectivity index (χ0n) is 7.27. The van der Waals surface area contributed by atoms with Gasteiger partial charge in [0.15, 0.2) is 0 Å². The first-order chi connectivity index (χ1) is 5.85. The van der Waals surface area contributed by atoms with Crippen molar-refractivity contribution in [3.63, 3.8) is 0 Å². The molecule has 0 spiro atoms. The van der Waals surface area contributed by atoms with Gasteiger partial charge in [-0.25, -0.2) is 0 Å². The van der Waals surface area contributed by atoms with Crippen molar-refractivity contribution in [1.29, 1.82) is 5.26 Å². The molecule has 2 aliphatic rings. The summed E-state index contributed by atoms with van der Waals surface area (Å²) >= 11 is 0. The molecule has 3 nitrogen and oxygen atoms in total. The van der Waals surface area contributed by atoms with Gasteiger partial charge in [-0.2, -0.15) is 5.26 Å². The highest BCUT2D eigenvalue weighted by atomic mass is 15.1. The Kier molecular flexibility index (Phi) is 2.03. The zero-order valence-corrected chi connectivity index (χ0v) is 7.27. The number of nitriles is 1. The van der Waals surface area contributed by atoms with Crippen LogP contribution in [0.5, 0.6) is 0 Å². The standard InChI is InChI=1S/C9H15N3/c10-6-9(3-4-11-7-9)12-5-8-1-2-8/h8,11-12H,1-5,7H2. The first-order valence-corrected chi connectivity index (χ1v) is 4.72. The van der Waals surface area contributed by atoms with E-state index in [0.717, 1.165) is 32.0 Å². The van der Waals surface area contributed by atoms with Crippen molar-refractivity contribution < 1.29 is 0 Å². The van der Waals surface area contributed by atoms with Crippen molar-refractivity contribution in [2.75, 3.05) is 19.6 Å². The maximum Gasteiger partial charge on any atom is 0.120 e. The molecule has 0 bridgehead atoms. The second-order valence-corrected chi connectivity index (χ2v) is 3.94. The smallest absolute Gasteiger partial charge is 0.120 e. The lowest BCUT2D eigenvalue weighted by Crippen LogP contribution is -2.46. The van der Waals surface area contributed by atoms with Crippen LogP contribution in [0.2, 0.25) is 0 Å². The molecule has 0 aromatic rings. The monoisotopic (exact) mass is 165 g/mol. The van der Waals surface area contributed by atoms with E-state index in [2.05, 4.69) is 16.7 Å². The number of rotatable bonds is 3. The largest absolute Gasteiger partial charge is 0.314 e. The summed E-state index contributed by atoms with van der Waals surface area (Å²) in [5.74, 6) is 0.857. The average Bonchev–Trinajstić information content (AvgIpc) is 2.82. The van der Waals surface area contributed by atoms with Gasteiger partial charge in [0.05, 0.1) is 6.07 Å². The van der Waals surface area contributed by atoms with Crippen molar-refractivity contribution in [3.05, 3.63) is 0 Å². The van der Waals surface area contributed by atoms with Crippen LogP contribution < -0.4 is 10.6 Å². The molecule has 3 heteroatoms. The highest BCUT2D eigenvalue weighted by Gasteiger charge is 2.35. The quantitative estimate of drug-likeness (QED) is 0.630. The van der Waals surface area contributed by atoms with E-state index in [1.165, 1.54) is 12.8 Å². The molecule has 1 saturated carbocycles. The molecule has 1 heterocycles. The predicted molar refractivity (Wildman–Crippen MR) is 46.6 cm³/mol. The summed E-state index contributed by atoms with van der Waals surface area (Å²) in [6.07, 6.45) is 3.65. The maximum absolute atomic E-state index is 9.00. The molecule has 1 aliphatic carbocycles. The van der Waals surface area contributed by atoms with Gasteiger partial charge in [0.1, 0.15) is 5.54 Å². The molecule has 12 heavy (non-hydrogen) atoms. The molecule has 0 amide bonds. The van der Waals surface area contributed by atoms with Gasteiger partial charge in [0.2, 0.25) is 0 Å². The van der Waals surface area contributed by atoms with Crippen LogP contribution in [-0.4, -0.2) is 25.2 Å². The lowest BCUT2D eigenvalue weighted by atomic mass is 10.0. The van der Waals surface area contributed by atoms with Crippen molar-refractivity contribution in [3.8, 4) is 6.07 Å². The number of nitrogens with zero attached hydrogens (tertiary/aromatic N) is 1. The van der Waals surface area contributed by atoms with E-state index in [1.807, 2.05) is 0 Å². The van der Waals surface area contributed by atoms with E-state index in [4.69, 9.17) is 5.26 Å². The first-order valence-electron chi connectivity index (χ1n) is 4.72. The first kappa shape index (κ1) is 8.03. The van der Waals surface area contributed by atoms with Crippen LogP contribution in [0.15, 0.2) is 0 Å². The Bertz CT molecular complexity index is 196. The fourth-order valence-electron chi connectivity index (χ4n) is 1.64. The van der Waals surface area contributed by atoms with Gasteiger partial charge in [-0.3, -0.25) is 5.32 Å². The predicted octanol–water partition coefficient (Wildman–Crippen LogP) is 0.242. The minimum atomic E-state index is -0.247. The molecule has 1 aliphatic heterocycles. The molecule has 2 fully saturated rings. The Morgan fingerprint density at radius 1 is 1.58 bits per heavy atom. The van der Waals surface area contributed by atoms with Crippen LogP contribution in [-0.2, 0) is 0 Å². The Hall–Kier alpha value is -0.590. The third-order valence-corrected chi connectivity index (χ3v) is 2.80. The molecule has 66 valence electrons. The van der Waals surface area contributed by atoms with Crippen LogP contribution in [0.1, 0.15) is 19.3 Å². The van der Waals surface area contributed by atoms with Gasteiger partial charge in [0, 0.05) is 6.54 Å². The van der Waals surface area contributed by atoms with Gasteiger partial charge < -0.3 is 5.32 Å². The SMILES string of the molecule is N#CC1(NCC2CC2)CCNC1. The van der Waals surface area contributed by atoms with Gasteiger partial charge in [-0.05, 0) is 38.3 Å². The lowest BCUT2D eigenvalue weighted by molar-refractivity contribution is 0.435. The Balaban J connectivity index is 1.84. The van der Waals surface area contributed by atoms with Crippen molar-refractivity contribution in [1.82, 2.24) is 10.6 Å². The summed E-state index contributed by atoms with van der Waals surface area (Å²) in [7, 11) is 0.